The third kappa shape index (κ3) is 1.88. The van der Waals surface area contributed by atoms with E-state index in [9.17, 15) is 4.79 Å². The van der Waals surface area contributed by atoms with Gasteiger partial charge in [0.1, 0.15) is 6.04 Å². The minimum atomic E-state index is -0.788. The molecule has 0 saturated carbocycles. The van der Waals surface area contributed by atoms with E-state index in [2.05, 4.69) is 10.3 Å². The van der Waals surface area contributed by atoms with E-state index in [1.807, 2.05) is 12.1 Å². The van der Waals surface area contributed by atoms with Crippen LogP contribution in [-0.4, -0.2) is 27.9 Å². The molecule has 5 heteroatoms. The topological polar surface area (TPSA) is 62.2 Å². The maximum atomic E-state index is 10.7. The van der Waals surface area contributed by atoms with E-state index in [1.54, 1.807) is 24.2 Å². The molecule has 2 N–H and O–H groups in total. The lowest BCUT2D eigenvalue weighted by molar-refractivity contribution is -0.138. The minimum absolute atomic E-state index is 0.0600. The number of hydrogen-bond acceptors (Lipinski definition) is 4. The molecule has 2 rings (SSSR count). The molecule has 2 atom stereocenters. The predicted octanol–water partition coefficient (Wildman–Crippen LogP) is 0.870. The normalized spacial score (nSPS) is 26.3. The monoisotopic (exact) mass is 210 g/mol. The summed E-state index contributed by atoms with van der Waals surface area (Å²) in [5.41, 5.74) is 1.03. The predicted molar refractivity (Wildman–Crippen MR) is 54.0 cm³/mol. The Kier molecular flexibility index (Phi) is 2.69. The molecule has 1 saturated heterocycles. The average Bonchev–Trinajstić information content (AvgIpc) is 2.68. The maximum Gasteiger partial charge on any atom is 0.321 e. The van der Waals surface area contributed by atoms with Crippen LogP contribution in [0, 0.1) is 0 Å². The van der Waals surface area contributed by atoms with Crippen molar-refractivity contribution < 1.29 is 9.90 Å². The van der Waals surface area contributed by atoms with Crippen molar-refractivity contribution in [3.05, 3.63) is 30.1 Å². The molecule has 4 nitrogen and oxygen atoms in total. The summed E-state index contributed by atoms with van der Waals surface area (Å²) in [7, 11) is 0. The molecular formula is C9H10N2O2S. The number of nitrogens with zero attached hydrogens (tertiary/aromatic N) is 1. The van der Waals surface area contributed by atoms with Crippen LogP contribution in [0.5, 0.6) is 0 Å². The van der Waals surface area contributed by atoms with Gasteiger partial charge in [-0.3, -0.25) is 15.1 Å². The molecule has 0 spiro atoms. The molecule has 0 bridgehead atoms. The maximum absolute atomic E-state index is 10.7. The summed E-state index contributed by atoms with van der Waals surface area (Å²) in [4.78, 5) is 14.7. The molecule has 2 heterocycles. The fraction of sp³-hybridized carbons (Fsp3) is 0.333. The Hall–Kier alpha value is -1.07. The van der Waals surface area contributed by atoms with Crippen LogP contribution in [0.3, 0.4) is 0 Å². The first kappa shape index (κ1) is 9.48. The van der Waals surface area contributed by atoms with Gasteiger partial charge in [0, 0.05) is 18.1 Å². The van der Waals surface area contributed by atoms with Crippen LogP contribution in [0.25, 0.3) is 0 Å². The Morgan fingerprint density at radius 1 is 1.71 bits per heavy atom. The quantitative estimate of drug-likeness (QED) is 0.758. The van der Waals surface area contributed by atoms with Crippen molar-refractivity contribution in [2.45, 2.75) is 11.4 Å². The van der Waals surface area contributed by atoms with Gasteiger partial charge in [0.05, 0.1) is 5.37 Å². The molecule has 1 aromatic rings. The number of carboxylic acid groups (broad SMARTS) is 1. The Bertz CT molecular complexity index is 331. The lowest BCUT2D eigenvalue weighted by atomic mass is 10.2. The van der Waals surface area contributed by atoms with Gasteiger partial charge in [0.25, 0.3) is 0 Å². The number of pyridine rings is 1. The van der Waals surface area contributed by atoms with Crippen molar-refractivity contribution in [2.75, 3.05) is 5.75 Å². The standard InChI is InChI=1S/C9H10N2O2S/c12-9(13)7-5-14-8(11-7)6-2-1-3-10-4-6/h1-4,7-8,11H,5H2,(H,12,13)/t7-,8?/m0/s1. The summed E-state index contributed by atoms with van der Waals surface area (Å²) in [5, 5.41) is 11.9. The van der Waals surface area contributed by atoms with E-state index in [1.165, 1.54) is 0 Å². The largest absolute Gasteiger partial charge is 0.480 e. The molecule has 1 aliphatic heterocycles. The van der Waals surface area contributed by atoms with Gasteiger partial charge in [-0.15, -0.1) is 11.8 Å². The molecular weight excluding hydrogens is 200 g/mol. The first-order valence-electron chi connectivity index (χ1n) is 4.28. The SMILES string of the molecule is O=C(O)[C@@H]1CSC(c2cccnc2)N1. The van der Waals surface area contributed by atoms with Crippen molar-refractivity contribution in [1.29, 1.82) is 0 Å². The number of carboxylic acids is 1. The Morgan fingerprint density at radius 3 is 3.14 bits per heavy atom. The Labute approximate surface area is 85.7 Å². The average molecular weight is 210 g/mol. The van der Waals surface area contributed by atoms with E-state index in [4.69, 9.17) is 5.11 Å². The molecule has 1 unspecified atom stereocenters. The summed E-state index contributed by atoms with van der Waals surface area (Å²) in [6.07, 6.45) is 3.46. The smallest absolute Gasteiger partial charge is 0.321 e. The van der Waals surface area contributed by atoms with Gasteiger partial charge in [-0.2, -0.15) is 0 Å². The molecule has 0 radical (unpaired) electrons. The zero-order valence-electron chi connectivity index (χ0n) is 7.38. The van der Waals surface area contributed by atoms with Gasteiger partial charge < -0.3 is 5.11 Å². The van der Waals surface area contributed by atoms with Crippen LogP contribution in [0.4, 0.5) is 0 Å². The number of rotatable bonds is 2. The van der Waals surface area contributed by atoms with E-state index < -0.39 is 12.0 Å². The van der Waals surface area contributed by atoms with Crippen LogP contribution in [-0.2, 0) is 4.79 Å². The second kappa shape index (κ2) is 3.98. The van der Waals surface area contributed by atoms with Crippen LogP contribution in [0.2, 0.25) is 0 Å². The van der Waals surface area contributed by atoms with Gasteiger partial charge in [-0.25, -0.2) is 0 Å². The molecule has 14 heavy (non-hydrogen) atoms. The van der Waals surface area contributed by atoms with Crippen LogP contribution < -0.4 is 5.32 Å². The Morgan fingerprint density at radius 2 is 2.57 bits per heavy atom. The lowest BCUT2D eigenvalue weighted by Crippen LogP contribution is -2.33. The first-order chi connectivity index (χ1) is 6.77. The van der Waals surface area contributed by atoms with Crippen molar-refractivity contribution >= 4 is 17.7 Å². The van der Waals surface area contributed by atoms with Crippen molar-refractivity contribution in [3.8, 4) is 0 Å². The number of hydrogen-bond donors (Lipinski definition) is 2. The van der Waals surface area contributed by atoms with E-state index in [0.29, 0.717) is 5.75 Å². The van der Waals surface area contributed by atoms with Crippen LogP contribution in [0.15, 0.2) is 24.5 Å². The van der Waals surface area contributed by atoms with Gasteiger partial charge in [-0.1, -0.05) is 6.07 Å². The highest BCUT2D eigenvalue weighted by atomic mass is 32.2. The zero-order chi connectivity index (χ0) is 9.97. The number of carbonyl (C=O) groups is 1. The van der Waals surface area contributed by atoms with Gasteiger partial charge in [0.2, 0.25) is 0 Å². The van der Waals surface area contributed by atoms with E-state index in [-0.39, 0.29) is 5.37 Å². The summed E-state index contributed by atoms with van der Waals surface area (Å²) in [6.45, 7) is 0. The Balaban J connectivity index is 2.06. The molecule has 0 amide bonds. The zero-order valence-corrected chi connectivity index (χ0v) is 8.20. The number of aliphatic carboxylic acids is 1. The number of aromatic nitrogens is 1. The summed E-state index contributed by atoms with van der Waals surface area (Å²) >= 11 is 1.60. The molecule has 0 aromatic carbocycles. The highest BCUT2D eigenvalue weighted by Gasteiger charge is 2.30. The summed E-state index contributed by atoms with van der Waals surface area (Å²) in [5.74, 6) is -0.182. The van der Waals surface area contributed by atoms with Gasteiger partial charge >= 0.3 is 5.97 Å². The van der Waals surface area contributed by atoms with Crippen molar-refractivity contribution in [2.24, 2.45) is 0 Å². The first-order valence-corrected chi connectivity index (χ1v) is 5.32. The van der Waals surface area contributed by atoms with Crippen LogP contribution in [0.1, 0.15) is 10.9 Å². The second-order valence-electron chi connectivity index (χ2n) is 3.06. The third-order valence-electron chi connectivity index (χ3n) is 2.07. The van der Waals surface area contributed by atoms with Crippen molar-refractivity contribution in [1.82, 2.24) is 10.3 Å². The van der Waals surface area contributed by atoms with Crippen molar-refractivity contribution in [3.63, 3.8) is 0 Å². The molecule has 0 aliphatic carbocycles. The minimum Gasteiger partial charge on any atom is -0.480 e. The molecule has 1 aromatic heterocycles. The highest BCUT2D eigenvalue weighted by molar-refractivity contribution is 7.99. The highest BCUT2D eigenvalue weighted by Crippen LogP contribution is 2.31. The number of nitrogens with one attached hydrogen (secondary N) is 1. The second-order valence-corrected chi connectivity index (χ2v) is 4.20. The lowest BCUT2D eigenvalue weighted by Gasteiger charge is -2.09. The van der Waals surface area contributed by atoms with Gasteiger partial charge in [0.15, 0.2) is 0 Å². The molecule has 1 fully saturated rings. The summed E-state index contributed by atoms with van der Waals surface area (Å²) in [6, 6.07) is 3.36. The van der Waals surface area contributed by atoms with Gasteiger partial charge in [-0.05, 0) is 11.6 Å². The molecule has 1 aliphatic rings. The number of thioether (sulfide) groups is 1. The third-order valence-corrected chi connectivity index (χ3v) is 3.33. The summed E-state index contributed by atoms with van der Waals surface area (Å²) < 4.78 is 0. The molecule has 74 valence electrons. The fourth-order valence-electron chi connectivity index (χ4n) is 1.34. The fourth-order valence-corrected chi connectivity index (χ4v) is 2.55. The van der Waals surface area contributed by atoms with E-state index >= 15 is 0 Å². The van der Waals surface area contributed by atoms with Crippen LogP contribution >= 0.6 is 11.8 Å². The van der Waals surface area contributed by atoms with E-state index in [0.717, 1.165) is 5.56 Å².